The van der Waals surface area contributed by atoms with E-state index in [4.69, 9.17) is 5.11 Å². The van der Waals surface area contributed by atoms with E-state index in [9.17, 15) is 19.5 Å². The molecule has 1 aromatic carbocycles. The molecule has 27 heavy (non-hydrogen) atoms. The van der Waals surface area contributed by atoms with Gasteiger partial charge in [-0.05, 0) is 17.9 Å². The van der Waals surface area contributed by atoms with Gasteiger partial charge >= 0.3 is 11.9 Å². The molecule has 0 aromatic heterocycles. The average Bonchev–Trinajstić information content (AvgIpc) is 2.62. The van der Waals surface area contributed by atoms with E-state index in [1.807, 2.05) is 37.3 Å². The van der Waals surface area contributed by atoms with Crippen molar-refractivity contribution in [1.29, 1.82) is 0 Å². The van der Waals surface area contributed by atoms with Gasteiger partial charge in [0.1, 0.15) is 5.78 Å². The zero-order valence-electron chi connectivity index (χ0n) is 16.2. The molecule has 0 saturated heterocycles. The standard InChI is InChI=1S/C22H30O5/c1-3-5-9-16(4-2)12-18(20(22(26)27)15-21(24)25)14-19(23)13-17-10-7-6-8-11-17/h6-8,10-11,16H,3-5,9,12-15H2,1-2H3,(H,24,25)(H,26,27). The van der Waals surface area contributed by atoms with Crippen molar-refractivity contribution in [3.63, 3.8) is 0 Å². The third-order valence-electron chi connectivity index (χ3n) is 4.75. The summed E-state index contributed by atoms with van der Waals surface area (Å²) in [5.74, 6) is -2.27. The first-order valence-corrected chi connectivity index (χ1v) is 9.58. The van der Waals surface area contributed by atoms with Crippen molar-refractivity contribution in [1.82, 2.24) is 0 Å². The van der Waals surface area contributed by atoms with Crippen molar-refractivity contribution in [3.05, 3.63) is 47.0 Å². The van der Waals surface area contributed by atoms with Gasteiger partial charge < -0.3 is 10.2 Å². The maximum atomic E-state index is 12.5. The number of carbonyl (C=O) groups excluding carboxylic acids is 1. The highest BCUT2D eigenvalue weighted by atomic mass is 16.4. The zero-order valence-corrected chi connectivity index (χ0v) is 16.2. The van der Waals surface area contributed by atoms with Crippen LogP contribution in [-0.2, 0) is 20.8 Å². The van der Waals surface area contributed by atoms with Gasteiger partial charge in [0.05, 0.1) is 6.42 Å². The number of hydrogen-bond donors (Lipinski definition) is 2. The summed E-state index contributed by atoms with van der Waals surface area (Å²) in [4.78, 5) is 35.4. The molecule has 1 atom stereocenters. The lowest BCUT2D eigenvalue weighted by Gasteiger charge is -2.19. The molecule has 0 spiro atoms. The van der Waals surface area contributed by atoms with Crippen LogP contribution in [0.15, 0.2) is 41.5 Å². The van der Waals surface area contributed by atoms with Gasteiger partial charge in [-0.15, -0.1) is 0 Å². The number of unbranched alkanes of at least 4 members (excludes halogenated alkanes) is 1. The van der Waals surface area contributed by atoms with Gasteiger partial charge in [0, 0.05) is 18.4 Å². The van der Waals surface area contributed by atoms with Crippen LogP contribution in [0.25, 0.3) is 0 Å². The van der Waals surface area contributed by atoms with Crippen molar-refractivity contribution in [3.8, 4) is 0 Å². The second kappa shape index (κ2) is 12.0. The minimum atomic E-state index is -1.25. The Balaban J connectivity index is 3.05. The number of carboxylic acids is 2. The highest BCUT2D eigenvalue weighted by molar-refractivity contribution is 5.94. The molecule has 1 rings (SSSR count). The molecule has 5 heteroatoms. The van der Waals surface area contributed by atoms with Crippen LogP contribution < -0.4 is 0 Å². The largest absolute Gasteiger partial charge is 0.481 e. The van der Waals surface area contributed by atoms with E-state index in [0.29, 0.717) is 12.0 Å². The summed E-state index contributed by atoms with van der Waals surface area (Å²) < 4.78 is 0. The number of ketones is 1. The number of rotatable bonds is 13. The van der Waals surface area contributed by atoms with Gasteiger partial charge in [-0.25, -0.2) is 4.79 Å². The Morgan fingerprint density at radius 1 is 1.00 bits per heavy atom. The van der Waals surface area contributed by atoms with Crippen molar-refractivity contribution in [2.45, 2.75) is 65.2 Å². The lowest BCUT2D eigenvalue weighted by atomic mass is 9.86. The molecule has 148 valence electrons. The Hall–Kier alpha value is -2.43. The maximum absolute atomic E-state index is 12.5. The first kappa shape index (κ1) is 22.6. The first-order chi connectivity index (χ1) is 12.9. The summed E-state index contributed by atoms with van der Waals surface area (Å²) >= 11 is 0. The fourth-order valence-corrected chi connectivity index (χ4v) is 3.22. The molecule has 1 aromatic rings. The molecule has 0 amide bonds. The molecular weight excluding hydrogens is 344 g/mol. The Bertz CT molecular complexity index is 661. The monoisotopic (exact) mass is 374 g/mol. The van der Waals surface area contributed by atoms with Crippen LogP contribution in [0, 0.1) is 5.92 Å². The fourth-order valence-electron chi connectivity index (χ4n) is 3.22. The Morgan fingerprint density at radius 3 is 2.19 bits per heavy atom. The van der Waals surface area contributed by atoms with E-state index in [2.05, 4.69) is 6.92 Å². The predicted octanol–water partition coefficient (Wildman–Crippen LogP) is 4.65. The number of hydrogen-bond acceptors (Lipinski definition) is 3. The molecule has 0 aliphatic rings. The summed E-state index contributed by atoms with van der Waals surface area (Å²) in [7, 11) is 0. The molecule has 0 saturated carbocycles. The highest BCUT2D eigenvalue weighted by Crippen LogP contribution is 2.27. The van der Waals surface area contributed by atoms with E-state index in [0.717, 1.165) is 31.2 Å². The summed E-state index contributed by atoms with van der Waals surface area (Å²) in [5, 5.41) is 18.6. The molecule has 0 fully saturated rings. The quantitative estimate of drug-likeness (QED) is 0.490. The van der Waals surface area contributed by atoms with Gasteiger partial charge in [-0.1, -0.05) is 75.4 Å². The summed E-state index contributed by atoms with van der Waals surface area (Å²) in [6.07, 6.45) is 4.01. The molecule has 0 aliphatic heterocycles. The Morgan fingerprint density at radius 2 is 1.67 bits per heavy atom. The number of benzene rings is 1. The third kappa shape index (κ3) is 8.67. The molecule has 0 heterocycles. The minimum absolute atomic E-state index is 0.00751. The van der Waals surface area contributed by atoms with E-state index in [1.54, 1.807) is 0 Å². The van der Waals surface area contributed by atoms with E-state index in [-0.39, 0.29) is 30.1 Å². The smallest absolute Gasteiger partial charge is 0.332 e. The van der Waals surface area contributed by atoms with Crippen molar-refractivity contribution in [2.24, 2.45) is 5.92 Å². The highest BCUT2D eigenvalue weighted by Gasteiger charge is 2.22. The van der Waals surface area contributed by atoms with Crippen molar-refractivity contribution >= 4 is 17.7 Å². The molecule has 1 unspecified atom stereocenters. The van der Waals surface area contributed by atoms with Crippen LogP contribution in [-0.4, -0.2) is 27.9 Å². The normalized spacial score (nSPS) is 13.0. The van der Waals surface area contributed by atoms with Crippen molar-refractivity contribution < 1.29 is 24.6 Å². The molecule has 0 radical (unpaired) electrons. The van der Waals surface area contributed by atoms with Gasteiger partial charge in [0.25, 0.3) is 0 Å². The zero-order chi connectivity index (χ0) is 20.2. The van der Waals surface area contributed by atoms with Gasteiger partial charge in [-0.2, -0.15) is 0 Å². The first-order valence-electron chi connectivity index (χ1n) is 9.58. The molecule has 5 nitrogen and oxygen atoms in total. The molecule has 0 bridgehead atoms. The van der Waals surface area contributed by atoms with Crippen LogP contribution in [0.3, 0.4) is 0 Å². The van der Waals surface area contributed by atoms with Crippen LogP contribution >= 0.6 is 0 Å². The number of carbonyl (C=O) groups is 3. The van der Waals surface area contributed by atoms with Crippen molar-refractivity contribution in [2.75, 3.05) is 0 Å². The maximum Gasteiger partial charge on any atom is 0.332 e. The molecule has 0 aliphatic carbocycles. The van der Waals surface area contributed by atoms with E-state index >= 15 is 0 Å². The van der Waals surface area contributed by atoms with Gasteiger partial charge in [-0.3, -0.25) is 9.59 Å². The van der Waals surface area contributed by atoms with Crippen LogP contribution in [0.5, 0.6) is 0 Å². The number of aliphatic carboxylic acids is 2. The van der Waals surface area contributed by atoms with E-state index < -0.39 is 18.4 Å². The summed E-state index contributed by atoms with van der Waals surface area (Å²) in [6.45, 7) is 4.14. The molecular formula is C22H30O5. The SMILES string of the molecule is CCCCC(CC)CC(CC(=O)Cc1ccccc1)=C(CC(=O)O)C(=O)O. The summed E-state index contributed by atoms with van der Waals surface area (Å²) in [6, 6.07) is 9.28. The van der Waals surface area contributed by atoms with Gasteiger partial charge in [0.15, 0.2) is 0 Å². The Labute approximate surface area is 161 Å². The predicted molar refractivity (Wildman–Crippen MR) is 105 cm³/mol. The van der Waals surface area contributed by atoms with Crippen LogP contribution in [0.2, 0.25) is 0 Å². The van der Waals surface area contributed by atoms with Crippen LogP contribution in [0.4, 0.5) is 0 Å². The number of Topliss-reactive ketones (excluding diaryl/α,β-unsaturated/α-hetero) is 1. The lowest BCUT2D eigenvalue weighted by molar-refractivity contribution is -0.139. The summed E-state index contributed by atoms with van der Waals surface area (Å²) in [5.41, 5.74) is 1.20. The fraction of sp³-hybridized carbons (Fsp3) is 0.500. The minimum Gasteiger partial charge on any atom is -0.481 e. The second-order valence-electron chi connectivity index (χ2n) is 6.96. The average molecular weight is 374 g/mol. The van der Waals surface area contributed by atoms with E-state index in [1.165, 1.54) is 0 Å². The topological polar surface area (TPSA) is 91.7 Å². The Kier molecular flexibility index (Phi) is 10.1. The molecule has 2 N–H and O–H groups in total. The lowest BCUT2D eigenvalue weighted by Crippen LogP contribution is -2.15. The number of allylic oxidation sites excluding steroid dienone is 1. The van der Waals surface area contributed by atoms with Gasteiger partial charge in [0.2, 0.25) is 0 Å². The second-order valence-corrected chi connectivity index (χ2v) is 6.96. The third-order valence-corrected chi connectivity index (χ3v) is 4.75. The van der Waals surface area contributed by atoms with Crippen LogP contribution in [0.1, 0.15) is 64.4 Å². The number of carboxylic acid groups (broad SMARTS) is 2.